The van der Waals surface area contributed by atoms with Crippen LogP contribution in [0.15, 0.2) is 17.2 Å². The molecule has 0 spiro atoms. The van der Waals surface area contributed by atoms with Crippen molar-refractivity contribution < 1.29 is 13.2 Å². The molecule has 0 radical (unpaired) electrons. The predicted molar refractivity (Wildman–Crippen MR) is 81.2 cm³/mol. The molecule has 2 N–H and O–H groups in total. The molecule has 0 atom stereocenters. The maximum Gasteiger partial charge on any atom is 0.242 e. The van der Waals surface area contributed by atoms with E-state index in [4.69, 9.17) is 16.3 Å². The van der Waals surface area contributed by atoms with Crippen molar-refractivity contribution in [1.82, 2.24) is 14.6 Å². The van der Waals surface area contributed by atoms with Gasteiger partial charge in [0.2, 0.25) is 10.0 Å². The normalized spacial score (nSPS) is 16.9. The third-order valence-electron chi connectivity index (χ3n) is 3.19. The smallest absolute Gasteiger partial charge is 0.242 e. The van der Waals surface area contributed by atoms with E-state index >= 15 is 0 Å². The summed E-state index contributed by atoms with van der Waals surface area (Å²) < 4.78 is 32.1. The van der Waals surface area contributed by atoms with Crippen LogP contribution in [0.2, 0.25) is 5.02 Å². The van der Waals surface area contributed by atoms with Gasteiger partial charge in [-0.2, -0.15) is 0 Å². The largest absolute Gasteiger partial charge is 0.379 e. The molecule has 0 unspecified atom stereocenters. The van der Waals surface area contributed by atoms with Gasteiger partial charge in [-0.15, -0.1) is 0 Å². The van der Waals surface area contributed by atoms with Gasteiger partial charge in [0.1, 0.15) is 10.7 Å². The van der Waals surface area contributed by atoms with Gasteiger partial charge in [-0.1, -0.05) is 11.6 Å². The molecule has 0 bridgehead atoms. The molecule has 1 aliphatic heterocycles. The van der Waals surface area contributed by atoms with Crippen LogP contribution in [0, 0.1) is 0 Å². The van der Waals surface area contributed by atoms with Crippen molar-refractivity contribution in [3.8, 4) is 0 Å². The van der Waals surface area contributed by atoms with Gasteiger partial charge >= 0.3 is 0 Å². The van der Waals surface area contributed by atoms with Crippen LogP contribution in [0.3, 0.4) is 0 Å². The molecule has 2 rings (SSSR count). The zero-order chi connectivity index (χ0) is 15.3. The van der Waals surface area contributed by atoms with Gasteiger partial charge in [0, 0.05) is 39.4 Å². The van der Waals surface area contributed by atoms with Crippen LogP contribution >= 0.6 is 11.6 Å². The number of nitrogens with one attached hydrogen (secondary N) is 2. The molecule has 1 aromatic heterocycles. The molecule has 0 aromatic carbocycles. The Morgan fingerprint density at radius 1 is 1.43 bits per heavy atom. The summed E-state index contributed by atoms with van der Waals surface area (Å²) in [7, 11) is -1.92. The van der Waals surface area contributed by atoms with Crippen molar-refractivity contribution >= 4 is 27.4 Å². The van der Waals surface area contributed by atoms with E-state index in [1.54, 1.807) is 7.05 Å². The monoisotopic (exact) mass is 334 g/mol. The fourth-order valence-corrected chi connectivity index (χ4v) is 3.31. The zero-order valence-corrected chi connectivity index (χ0v) is 13.4. The molecule has 1 aliphatic rings. The van der Waals surface area contributed by atoms with Gasteiger partial charge in [0.15, 0.2) is 0 Å². The quantitative estimate of drug-likeness (QED) is 0.783. The Morgan fingerprint density at radius 2 is 2.14 bits per heavy atom. The van der Waals surface area contributed by atoms with E-state index in [0.29, 0.717) is 32.1 Å². The van der Waals surface area contributed by atoms with Crippen LogP contribution < -0.4 is 10.0 Å². The molecule has 0 aliphatic carbocycles. The van der Waals surface area contributed by atoms with E-state index < -0.39 is 10.0 Å². The van der Waals surface area contributed by atoms with Crippen molar-refractivity contribution in [2.75, 3.05) is 51.8 Å². The highest BCUT2D eigenvalue weighted by molar-refractivity contribution is 7.89. The second-order valence-electron chi connectivity index (χ2n) is 4.60. The molecule has 21 heavy (non-hydrogen) atoms. The summed E-state index contributed by atoms with van der Waals surface area (Å²) in [5.41, 5.74) is 0. The van der Waals surface area contributed by atoms with Crippen LogP contribution in [0.1, 0.15) is 0 Å². The summed E-state index contributed by atoms with van der Waals surface area (Å²) in [5.74, 6) is 0.448. The number of hydrogen-bond donors (Lipinski definition) is 2. The fraction of sp³-hybridized carbons (Fsp3) is 0.583. The van der Waals surface area contributed by atoms with E-state index in [9.17, 15) is 8.42 Å². The molecule has 118 valence electrons. The lowest BCUT2D eigenvalue weighted by Crippen LogP contribution is -2.41. The first-order valence-corrected chi connectivity index (χ1v) is 8.52. The van der Waals surface area contributed by atoms with Gasteiger partial charge in [0.25, 0.3) is 0 Å². The maximum atomic E-state index is 12.2. The number of hydrogen-bond acceptors (Lipinski definition) is 6. The van der Waals surface area contributed by atoms with Crippen LogP contribution in [0.5, 0.6) is 0 Å². The first-order chi connectivity index (χ1) is 10.0. The summed E-state index contributed by atoms with van der Waals surface area (Å²) >= 11 is 5.95. The van der Waals surface area contributed by atoms with E-state index in [1.807, 2.05) is 0 Å². The molecular weight excluding hydrogens is 316 g/mol. The first kappa shape index (κ1) is 16.4. The predicted octanol–water partition coefficient (Wildman–Crippen LogP) is 0.387. The fourth-order valence-electron chi connectivity index (χ4n) is 2.00. The summed E-state index contributed by atoms with van der Waals surface area (Å²) in [4.78, 5) is 6.19. The topological polar surface area (TPSA) is 83.6 Å². The summed E-state index contributed by atoms with van der Waals surface area (Å²) in [6, 6.07) is 1.39. The number of aromatic nitrogens is 1. The lowest BCUT2D eigenvalue weighted by molar-refractivity contribution is 0.0390. The van der Waals surface area contributed by atoms with Crippen molar-refractivity contribution in [2.45, 2.75) is 4.90 Å². The van der Waals surface area contributed by atoms with Crippen LogP contribution in [-0.4, -0.2) is 64.7 Å². The minimum absolute atomic E-state index is 0.0634. The molecular formula is C12H19ClN4O3S. The van der Waals surface area contributed by atoms with E-state index in [-0.39, 0.29) is 9.92 Å². The zero-order valence-electron chi connectivity index (χ0n) is 11.8. The van der Waals surface area contributed by atoms with Crippen molar-refractivity contribution in [1.29, 1.82) is 0 Å². The second-order valence-corrected chi connectivity index (χ2v) is 6.78. The van der Waals surface area contributed by atoms with Crippen molar-refractivity contribution in [3.63, 3.8) is 0 Å². The van der Waals surface area contributed by atoms with Gasteiger partial charge in [-0.3, -0.25) is 4.90 Å². The molecule has 9 heteroatoms. The first-order valence-electron chi connectivity index (χ1n) is 6.66. The van der Waals surface area contributed by atoms with Crippen LogP contribution in [0.4, 0.5) is 5.82 Å². The Bertz CT molecular complexity index is 576. The highest BCUT2D eigenvalue weighted by Gasteiger charge is 2.17. The van der Waals surface area contributed by atoms with Gasteiger partial charge < -0.3 is 10.1 Å². The third-order valence-corrected chi connectivity index (χ3v) is 4.90. The number of halogens is 1. The average molecular weight is 335 g/mol. The number of morpholine rings is 1. The van der Waals surface area contributed by atoms with Crippen molar-refractivity contribution in [2.24, 2.45) is 0 Å². The molecule has 2 heterocycles. The van der Waals surface area contributed by atoms with Crippen molar-refractivity contribution in [3.05, 3.63) is 17.3 Å². The average Bonchev–Trinajstić information content (AvgIpc) is 2.48. The van der Waals surface area contributed by atoms with E-state index in [1.165, 1.54) is 12.3 Å². The molecule has 1 fully saturated rings. The highest BCUT2D eigenvalue weighted by Crippen LogP contribution is 2.21. The summed E-state index contributed by atoms with van der Waals surface area (Å²) in [6.07, 6.45) is 1.29. The minimum atomic E-state index is -3.59. The molecule has 1 saturated heterocycles. The van der Waals surface area contributed by atoms with Gasteiger partial charge in [-0.05, 0) is 6.07 Å². The Kier molecular flexibility index (Phi) is 5.77. The number of ether oxygens (including phenoxy) is 1. The third kappa shape index (κ3) is 4.52. The van der Waals surface area contributed by atoms with Gasteiger partial charge in [0.05, 0.1) is 18.2 Å². The Hall–Kier alpha value is -0.930. The standard InChI is InChI=1S/C12H19ClN4O3S/c1-14-12-11(13)8-10(9-15-12)21(18,19)16-2-3-17-4-6-20-7-5-17/h8-9,16H,2-7H2,1H3,(H,14,15). The Morgan fingerprint density at radius 3 is 2.76 bits per heavy atom. The molecule has 0 amide bonds. The lowest BCUT2D eigenvalue weighted by atomic mass is 10.4. The van der Waals surface area contributed by atoms with E-state index in [2.05, 4.69) is 19.9 Å². The maximum absolute atomic E-state index is 12.2. The lowest BCUT2D eigenvalue weighted by Gasteiger charge is -2.26. The highest BCUT2D eigenvalue weighted by atomic mass is 35.5. The van der Waals surface area contributed by atoms with Gasteiger partial charge in [-0.25, -0.2) is 18.1 Å². The van der Waals surface area contributed by atoms with Crippen LogP contribution in [-0.2, 0) is 14.8 Å². The number of nitrogens with zero attached hydrogens (tertiary/aromatic N) is 2. The summed E-state index contributed by atoms with van der Waals surface area (Å²) in [5, 5.41) is 3.06. The molecule has 1 aromatic rings. The van der Waals surface area contributed by atoms with E-state index in [0.717, 1.165) is 13.1 Å². The second kappa shape index (κ2) is 7.37. The SMILES string of the molecule is CNc1ncc(S(=O)(=O)NCCN2CCOCC2)cc1Cl. The number of rotatable bonds is 6. The van der Waals surface area contributed by atoms with Crippen LogP contribution in [0.25, 0.3) is 0 Å². The number of pyridine rings is 1. The number of sulfonamides is 1. The number of anilines is 1. The molecule has 7 nitrogen and oxygen atoms in total. The molecule has 0 saturated carbocycles. The summed E-state index contributed by atoms with van der Waals surface area (Å²) in [6.45, 7) is 4.03. The Balaban J connectivity index is 1.93. The Labute approximate surface area is 129 Å². The minimum Gasteiger partial charge on any atom is -0.379 e.